The van der Waals surface area contributed by atoms with Crippen molar-refractivity contribution in [3.8, 4) is 0 Å². The number of rotatable bonds is 6. The van der Waals surface area contributed by atoms with Crippen LogP contribution in [0.2, 0.25) is 5.02 Å². The van der Waals surface area contributed by atoms with E-state index >= 15 is 0 Å². The molecule has 0 spiro atoms. The molecular formula is C24H24ClN3OS. The van der Waals surface area contributed by atoms with Gasteiger partial charge in [-0.2, -0.15) is 0 Å². The second-order valence-electron chi connectivity index (χ2n) is 7.47. The predicted molar refractivity (Wildman–Crippen MR) is 128 cm³/mol. The first-order valence-corrected chi connectivity index (χ1v) is 10.7. The van der Waals surface area contributed by atoms with Gasteiger partial charge in [0.2, 0.25) is 0 Å². The molecule has 0 aliphatic rings. The third-order valence-electron chi connectivity index (χ3n) is 5.22. The van der Waals surface area contributed by atoms with Crippen molar-refractivity contribution in [3.63, 3.8) is 0 Å². The maximum absolute atomic E-state index is 6.00. The maximum Gasteiger partial charge on any atom is 0.173 e. The predicted octanol–water partition coefficient (Wildman–Crippen LogP) is 6.47. The Kier molecular flexibility index (Phi) is 6.11. The summed E-state index contributed by atoms with van der Waals surface area (Å²) >= 11 is 11.7. The molecule has 4 nitrogen and oxygen atoms in total. The first-order chi connectivity index (χ1) is 14.5. The fourth-order valence-electron chi connectivity index (χ4n) is 3.64. The molecule has 4 aromatic rings. The number of hydrogen-bond acceptors (Lipinski definition) is 2. The molecule has 0 saturated carbocycles. The third kappa shape index (κ3) is 4.69. The number of fused-ring (bicyclic) bond motifs is 1. The zero-order valence-electron chi connectivity index (χ0n) is 17.0. The molecule has 0 atom stereocenters. The number of aromatic nitrogens is 1. The number of halogens is 1. The Balaban J connectivity index is 1.54. The lowest BCUT2D eigenvalue weighted by atomic mass is 10.1. The fraction of sp³-hybridized carbons (Fsp3) is 0.208. The molecule has 0 amide bonds. The van der Waals surface area contributed by atoms with E-state index in [1.807, 2.05) is 36.4 Å². The smallest absolute Gasteiger partial charge is 0.173 e. The van der Waals surface area contributed by atoms with Crippen molar-refractivity contribution in [2.75, 3.05) is 11.9 Å². The van der Waals surface area contributed by atoms with Crippen LogP contribution in [0.15, 0.2) is 65.3 Å². The molecule has 6 heteroatoms. The van der Waals surface area contributed by atoms with Crippen molar-refractivity contribution in [3.05, 3.63) is 88.5 Å². The summed E-state index contributed by atoms with van der Waals surface area (Å²) in [6.07, 6.45) is 2.56. The van der Waals surface area contributed by atoms with Crippen LogP contribution >= 0.6 is 23.8 Å². The van der Waals surface area contributed by atoms with Crippen LogP contribution in [0.3, 0.4) is 0 Å². The van der Waals surface area contributed by atoms with E-state index in [9.17, 15) is 0 Å². The zero-order chi connectivity index (χ0) is 21.1. The average molecular weight is 438 g/mol. The number of aryl methyl sites for hydroxylation is 2. The van der Waals surface area contributed by atoms with E-state index < -0.39 is 0 Å². The van der Waals surface area contributed by atoms with Crippen LogP contribution in [0, 0.1) is 13.8 Å². The van der Waals surface area contributed by atoms with E-state index in [1.54, 1.807) is 6.26 Å². The minimum atomic E-state index is 0.604. The summed E-state index contributed by atoms with van der Waals surface area (Å²) < 4.78 is 5.57. The van der Waals surface area contributed by atoms with Gasteiger partial charge in [0.1, 0.15) is 5.76 Å². The summed E-state index contributed by atoms with van der Waals surface area (Å²) in [7, 11) is 0. The molecule has 4 rings (SSSR count). The topological polar surface area (TPSA) is 44.2 Å². The lowest BCUT2D eigenvalue weighted by molar-refractivity contribution is 0.368. The van der Waals surface area contributed by atoms with E-state index in [2.05, 4.69) is 47.2 Å². The van der Waals surface area contributed by atoms with Crippen molar-refractivity contribution in [2.24, 2.45) is 0 Å². The van der Waals surface area contributed by atoms with Crippen LogP contribution in [-0.4, -0.2) is 21.5 Å². The van der Waals surface area contributed by atoms with Gasteiger partial charge >= 0.3 is 0 Å². The average Bonchev–Trinajstić information content (AvgIpc) is 3.34. The zero-order valence-corrected chi connectivity index (χ0v) is 18.6. The number of nitrogens with zero attached hydrogens (tertiary/aromatic N) is 1. The summed E-state index contributed by atoms with van der Waals surface area (Å²) in [5.74, 6) is 0.877. The van der Waals surface area contributed by atoms with Crippen LogP contribution in [0.5, 0.6) is 0 Å². The van der Waals surface area contributed by atoms with E-state index in [4.69, 9.17) is 28.2 Å². The number of furan rings is 1. The van der Waals surface area contributed by atoms with Crippen LogP contribution in [0.25, 0.3) is 10.9 Å². The second kappa shape index (κ2) is 8.94. The van der Waals surface area contributed by atoms with Crippen LogP contribution in [0.4, 0.5) is 5.69 Å². The van der Waals surface area contributed by atoms with Crippen molar-refractivity contribution in [2.45, 2.75) is 26.8 Å². The number of thiocarbonyl (C=S) groups is 1. The first-order valence-electron chi connectivity index (χ1n) is 9.91. The van der Waals surface area contributed by atoms with Gasteiger partial charge in [0, 0.05) is 33.9 Å². The van der Waals surface area contributed by atoms with Gasteiger partial charge in [-0.15, -0.1) is 0 Å². The highest BCUT2D eigenvalue weighted by atomic mass is 35.5. The number of hydrogen-bond donors (Lipinski definition) is 2. The summed E-state index contributed by atoms with van der Waals surface area (Å²) in [5, 5.41) is 5.95. The third-order valence-corrected chi connectivity index (χ3v) is 5.83. The molecule has 0 fully saturated rings. The quantitative estimate of drug-likeness (QED) is 0.339. The second-order valence-corrected chi connectivity index (χ2v) is 8.29. The van der Waals surface area contributed by atoms with Gasteiger partial charge in [-0.3, -0.25) is 0 Å². The van der Waals surface area contributed by atoms with E-state index in [0.717, 1.165) is 24.4 Å². The first kappa shape index (κ1) is 20.5. The molecule has 30 heavy (non-hydrogen) atoms. The van der Waals surface area contributed by atoms with Gasteiger partial charge in [-0.05, 0) is 86.6 Å². The Labute approximate surface area is 186 Å². The molecule has 0 radical (unpaired) electrons. The molecule has 0 bridgehead atoms. The largest absolute Gasteiger partial charge is 0.467 e. The van der Waals surface area contributed by atoms with Crippen molar-refractivity contribution in [1.29, 1.82) is 0 Å². The van der Waals surface area contributed by atoms with Gasteiger partial charge in [-0.25, -0.2) is 0 Å². The summed E-state index contributed by atoms with van der Waals surface area (Å²) in [4.78, 5) is 5.64. The highest BCUT2D eigenvalue weighted by molar-refractivity contribution is 7.80. The SMILES string of the molecule is Cc1ccc2[nH]c(C)c(CCN(Cc3ccco3)C(=S)Nc3ccc(Cl)cc3)c2c1. The van der Waals surface area contributed by atoms with E-state index in [-0.39, 0.29) is 0 Å². The lowest BCUT2D eigenvalue weighted by Crippen LogP contribution is -2.35. The molecule has 154 valence electrons. The van der Waals surface area contributed by atoms with E-state index in [1.165, 1.54) is 27.7 Å². The van der Waals surface area contributed by atoms with Gasteiger partial charge < -0.3 is 19.6 Å². The molecular weight excluding hydrogens is 414 g/mol. The Hall–Kier alpha value is -2.76. The molecule has 0 aliphatic heterocycles. The number of H-pyrrole nitrogens is 1. The Morgan fingerprint density at radius 2 is 1.93 bits per heavy atom. The minimum Gasteiger partial charge on any atom is -0.467 e. The van der Waals surface area contributed by atoms with Gasteiger partial charge in [0.25, 0.3) is 0 Å². The molecule has 0 aliphatic carbocycles. The van der Waals surface area contributed by atoms with Gasteiger partial charge in [0.15, 0.2) is 5.11 Å². The molecule has 0 saturated heterocycles. The lowest BCUT2D eigenvalue weighted by Gasteiger charge is -2.25. The Morgan fingerprint density at radius 1 is 1.13 bits per heavy atom. The summed E-state index contributed by atoms with van der Waals surface area (Å²) in [5.41, 5.74) is 5.87. The van der Waals surface area contributed by atoms with Gasteiger partial charge in [0.05, 0.1) is 12.8 Å². The van der Waals surface area contributed by atoms with Crippen LogP contribution < -0.4 is 5.32 Å². The highest BCUT2D eigenvalue weighted by Crippen LogP contribution is 2.24. The van der Waals surface area contributed by atoms with Crippen molar-refractivity contribution in [1.82, 2.24) is 9.88 Å². The monoisotopic (exact) mass is 437 g/mol. The van der Waals surface area contributed by atoms with Crippen molar-refractivity contribution >= 4 is 45.5 Å². The number of benzene rings is 2. The van der Waals surface area contributed by atoms with Crippen LogP contribution in [0.1, 0.15) is 22.6 Å². The number of nitrogens with one attached hydrogen (secondary N) is 2. The van der Waals surface area contributed by atoms with Crippen LogP contribution in [-0.2, 0) is 13.0 Å². The fourth-order valence-corrected chi connectivity index (χ4v) is 4.04. The van der Waals surface area contributed by atoms with E-state index in [0.29, 0.717) is 16.7 Å². The number of anilines is 1. The highest BCUT2D eigenvalue weighted by Gasteiger charge is 2.15. The standard InChI is InChI=1S/C24H24ClN3OS/c1-16-5-10-23-22(14-16)21(17(2)26-23)11-12-28(15-20-4-3-13-29-20)24(30)27-19-8-6-18(25)7-9-19/h3-10,13-14,26H,11-12,15H2,1-2H3,(H,27,30). The molecule has 2 aromatic heterocycles. The molecule has 2 aromatic carbocycles. The summed E-state index contributed by atoms with van der Waals surface area (Å²) in [6.45, 7) is 5.63. The van der Waals surface area contributed by atoms with Gasteiger partial charge in [-0.1, -0.05) is 23.2 Å². The van der Waals surface area contributed by atoms with Crippen molar-refractivity contribution < 1.29 is 4.42 Å². The molecule has 0 unspecified atom stereocenters. The Morgan fingerprint density at radius 3 is 2.67 bits per heavy atom. The summed E-state index contributed by atoms with van der Waals surface area (Å²) in [6, 6.07) is 17.9. The number of aromatic amines is 1. The normalized spacial score (nSPS) is 11.0. The Bertz CT molecular complexity index is 1150. The molecule has 2 heterocycles. The minimum absolute atomic E-state index is 0.604. The maximum atomic E-state index is 6.00. The molecule has 2 N–H and O–H groups in total.